The van der Waals surface area contributed by atoms with E-state index < -0.39 is 12.0 Å². The highest BCUT2D eigenvalue weighted by molar-refractivity contribution is 5.89. The van der Waals surface area contributed by atoms with Gasteiger partial charge in [-0.3, -0.25) is 4.40 Å². The Hall–Kier alpha value is -3.23. The lowest BCUT2D eigenvalue weighted by Gasteiger charge is -2.11. The number of hydrogen-bond acceptors (Lipinski definition) is 5. The van der Waals surface area contributed by atoms with Crippen LogP contribution in [0.4, 0.5) is 19.0 Å². The number of benzene rings is 1. The van der Waals surface area contributed by atoms with Crippen LogP contribution in [0, 0.1) is 0 Å². The molecule has 0 fully saturated rings. The van der Waals surface area contributed by atoms with Crippen molar-refractivity contribution in [1.29, 1.82) is 0 Å². The second-order valence-electron chi connectivity index (χ2n) is 5.31. The quantitative estimate of drug-likeness (QED) is 0.618. The molecule has 0 aliphatic rings. The first kappa shape index (κ1) is 15.3. The summed E-state index contributed by atoms with van der Waals surface area (Å²) in [5.41, 5.74) is 0.876. The Bertz CT molecular complexity index is 1060. The van der Waals surface area contributed by atoms with E-state index in [2.05, 4.69) is 25.5 Å². The molecule has 0 bridgehead atoms. The number of nitrogens with one attached hydrogen (secondary N) is 1. The Balaban J connectivity index is 1.73. The van der Waals surface area contributed by atoms with Crippen LogP contribution in [0.3, 0.4) is 0 Å². The van der Waals surface area contributed by atoms with Crippen LogP contribution in [-0.2, 0) is 12.7 Å². The SMILES string of the molecule is FC(F)(F)c1nc(NCc2nnc3ccccn23)c2ccccc2n1. The van der Waals surface area contributed by atoms with E-state index in [1.54, 1.807) is 34.9 Å². The predicted molar refractivity (Wildman–Crippen MR) is 84.9 cm³/mol. The van der Waals surface area contributed by atoms with Crippen LogP contribution in [0.15, 0.2) is 48.7 Å². The van der Waals surface area contributed by atoms with Crippen molar-refractivity contribution in [3.63, 3.8) is 0 Å². The molecule has 6 nitrogen and oxygen atoms in total. The highest BCUT2D eigenvalue weighted by Crippen LogP contribution is 2.30. The maximum Gasteiger partial charge on any atom is 0.451 e. The van der Waals surface area contributed by atoms with Gasteiger partial charge in [0.25, 0.3) is 0 Å². The third kappa shape index (κ3) is 2.84. The van der Waals surface area contributed by atoms with Crippen LogP contribution in [0.1, 0.15) is 11.6 Å². The van der Waals surface area contributed by atoms with Gasteiger partial charge in [0.05, 0.1) is 12.1 Å². The molecule has 3 aromatic heterocycles. The zero-order valence-corrected chi connectivity index (χ0v) is 12.7. The predicted octanol–water partition coefficient (Wildman–Crippen LogP) is 3.30. The van der Waals surface area contributed by atoms with Crippen molar-refractivity contribution in [3.8, 4) is 0 Å². The van der Waals surface area contributed by atoms with Crippen molar-refractivity contribution in [2.24, 2.45) is 0 Å². The number of nitrogens with zero attached hydrogens (tertiary/aromatic N) is 5. The second kappa shape index (κ2) is 5.69. The van der Waals surface area contributed by atoms with Crippen molar-refractivity contribution >= 4 is 22.4 Å². The molecule has 1 aromatic carbocycles. The van der Waals surface area contributed by atoms with Crippen LogP contribution in [0.25, 0.3) is 16.6 Å². The highest BCUT2D eigenvalue weighted by atomic mass is 19.4. The molecule has 0 radical (unpaired) electrons. The first-order chi connectivity index (χ1) is 12.0. The fraction of sp³-hybridized carbons (Fsp3) is 0.125. The zero-order chi connectivity index (χ0) is 17.4. The second-order valence-corrected chi connectivity index (χ2v) is 5.31. The van der Waals surface area contributed by atoms with Gasteiger partial charge in [-0.05, 0) is 24.3 Å². The molecule has 25 heavy (non-hydrogen) atoms. The summed E-state index contributed by atoms with van der Waals surface area (Å²) in [6, 6.07) is 12.0. The molecule has 0 saturated heterocycles. The molecule has 1 N–H and O–H groups in total. The number of hydrogen-bond donors (Lipinski definition) is 1. The monoisotopic (exact) mass is 344 g/mol. The normalized spacial score (nSPS) is 12.0. The lowest BCUT2D eigenvalue weighted by molar-refractivity contribution is -0.144. The molecule has 0 aliphatic carbocycles. The maximum atomic E-state index is 13.0. The first-order valence-electron chi connectivity index (χ1n) is 7.39. The van der Waals surface area contributed by atoms with Gasteiger partial charge in [-0.1, -0.05) is 18.2 Å². The van der Waals surface area contributed by atoms with E-state index in [0.29, 0.717) is 16.9 Å². The van der Waals surface area contributed by atoms with E-state index in [9.17, 15) is 13.2 Å². The summed E-state index contributed by atoms with van der Waals surface area (Å²) in [6.45, 7) is 0.170. The molecule has 4 rings (SSSR count). The van der Waals surface area contributed by atoms with Gasteiger partial charge in [0.2, 0.25) is 5.82 Å². The third-order valence-electron chi connectivity index (χ3n) is 3.66. The van der Waals surface area contributed by atoms with Crippen molar-refractivity contribution < 1.29 is 13.2 Å². The Labute approximate surface area is 139 Å². The van der Waals surface area contributed by atoms with E-state index in [0.717, 1.165) is 0 Å². The minimum atomic E-state index is -4.62. The summed E-state index contributed by atoms with van der Waals surface area (Å²) >= 11 is 0. The molecule has 4 aromatic rings. The Morgan fingerprint density at radius 1 is 0.960 bits per heavy atom. The number of para-hydroxylation sites is 1. The van der Waals surface area contributed by atoms with E-state index >= 15 is 0 Å². The van der Waals surface area contributed by atoms with Gasteiger partial charge in [0, 0.05) is 11.6 Å². The third-order valence-corrected chi connectivity index (χ3v) is 3.66. The average Bonchev–Trinajstić information content (AvgIpc) is 3.02. The van der Waals surface area contributed by atoms with Gasteiger partial charge in [-0.2, -0.15) is 13.2 Å². The van der Waals surface area contributed by atoms with Crippen molar-refractivity contribution in [3.05, 3.63) is 60.3 Å². The molecule has 0 unspecified atom stereocenters. The number of pyridine rings is 1. The van der Waals surface area contributed by atoms with E-state index in [4.69, 9.17) is 0 Å². The maximum absolute atomic E-state index is 13.0. The fourth-order valence-corrected chi connectivity index (χ4v) is 2.51. The van der Waals surface area contributed by atoms with Gasteiger partial charge in [-0.15, -0.1) is 10.2 Å². The molecule has 3 heterocycles. The summed E-state index contributed by atoms with van der Waals surface area (Å²) in [5.74, 6) is -0.516. The number of aromatic nitrogens is 5. The zero-order valence-electron chi connectivity index (χ0n) is 12.7. The lowest BCUT2D eigenvalue weighted by Crippen LogP contribution is -2.14. The molecule has 0 aliphatic heterocycles. The van der Waals surface area contributed by atoms with Gasteiger partial charge in [-0.25, -0.2) is 9.97 Å². The molecule has 0 atom stereocenters. The van der Waals surface area contributed by atoms with Crippen LogP contribution in [0.5, 0.6) is 0 Å². The lowest BCUT2D eigenvalue weighted by atomic mass is 10.2. The van der Waals surface area contributed by atoms with Crippen LogP contribution < -0.4 is 5.32 Å². The molecule has 0 saturated carbocycles. The summed E-state index contributed by atoms with van der Waals surface area (Å²) in [5, 5.41) is 11.5. The Morgan fingerprint density at radius 2 is 1.76 bits per heavy atom. The van der Waals surface area contributed by atoms with Gasteiger partial charge >= 0.3 is 6.18 Å². The van der Waals surface area contributed by atoms with Gasteiger partial charge in [0.15, 0.2) is 11.5 Å². The average molecular weight is 344 g/mol. The van der Waals surface area contributed by atoms with E-state index in [1.807, 2.05) is 12.1 Å². The molecular weight excluding hydrogens is 333 g/mol. The summed E-state index contributed by atoms with van der Waals surface area (Å²) < 4.78 is 40.9. The smallest absolute Gasteiger partial charge is 0.362 e. The van der Waals surface area contributed by atoms with Gasteiger partial charge in [0.1, 0.15) is 5.82 Å². The minimum Gasteiger partial charge on any atom is -0.362 e. The first-order valence-corrected chi connectivity index (χ1v) is 7.39. The Morgan fingerprint density at radius 3 is 2.60 bits per heavy atom. The molecule has 0 amide bonds. The summed E-state index contributed by atoms with van der Waals surface area (Å²) in [6.07, 6.45) is -2.84. The number of alkyl halides is 3. The number of fused-ring (bicyclic) bond motifs is 2. The summed E-state index contributed by atoms with van der Waals surface area (Å²) in [7, 11) is 0. The molecule has 9 heteroatoms. The highest BCUT2D eigenvalue weighted by Gasteiger charge is 2.35. The summed E-state index contributed by atoms with van der Waals surface area (Å²) in [4.78, 5) is 7.24. The van der Waals surface area contributed by atoms with E-state index in [1.165, 1.54) is 6.07 Å². The van der Waals surface area contributed by atoms with Gasteiger partial charge < -0.3 is 5.32 Å². The largest absolute Gasteiger partial charge is 0.451 e. The number of anilines is 1. The molecular formula is C16H11F3N6. The van der Waals surface area contributed by atoms with Crippen molar-refractivity contribution in [1.82, 2.24) is 24.6 Å². The number of rotatable bonds is 3. The molecule has 0 spiro atoms. The topological polar surface area (TPSA) is 68.0 Å². The van der Waals surface area contributed by atoms with Crippen LogP contribution in [0.2, 0.25) is 0 Å². The number of halogens is 3. The Kier molecular flexibility index (Phi) is 3.48. The minimum absolute atomic E-state index is 0.102. The van der Waals surface area contributed by atoms with Crippen LogP contribution >= 0.6 is 0 Å². The van der Waals surface area contributed by atoms with E-state index in [-0.39, 0.29) is 17.9 Å². The standard InChI is InChI=1S/C16H11F3N6/c17-16(18,19)15-21-11-6-2-1-5-10(11)14(22-15)20-9-13-24-23-12-7-3-4-8-25(12)13/h1-8H,9H2,(H,20,21,22). The van der Waals surface area contributed by atoms with Crippen molar-refractivity contribution in [2.75, 3.05) is 5.32 Å². The van der Waals surface area contributed by atoms with Crippen molar-refractivity contribution in [2.45, 2.75) is 12.7 Å². The fourth-order valence-electron chi connectivity index (χ4n) is 2.51. The van der Waals surface area contributed by atoms with Crippen LogP contribution in [-0.4, -0.2) is 24.6 Å². The molecule has 126 valence electrons.